The number of halogens is 1. The molecule has 0 saturated heterocycles. The fraction of sp³-hybridized carbons (Fsp3) is 0.111. The molecule has 0 saturated carbocycles. The minimum absolute atomic E-state index is 0.0828. The summed E-state index contributed by atoms with van der Waals surface area (Å²) in [6.07, 6.45) is 0. The van der Waals surface area contributed by atoms with Gasteiger partial charge in [-0.1, -0.05) is 54.1 Å². The first kappa shape index (κ1) is 22.2. The smallest absolute Gasteiger partial charge is 0.259 e. The van der Waals surface area contributed by atoms with Crippen LogP contribution in [-0.2, 0) is 13.1 Å². The number of methoxy groups -OCH3 is 1. The van der Waals surface area contributed by atoms with Crippen molar-refractivity contribution in [2.45, 2.75) is 13.1 Å². The Labute approximate surface area is 206 Å². The van der Waals surface area contributed by atoms with Crippen LogP contribution in [0.1, 0.15) is 11.3 Å². The average Bonchev–Trinajstić information content (AvgIpc) is 3.30. The van der Waals surface area contributed by atoms with E-state index in [1.165, 1.54) is 11.3 Å². The molecule has 0 amide bonds. The highest BCUT2D eigenvalue weighted by atomic mass is 35.5. The van der Waals surface area contributed by atoms with E-state index in [9.17, 15) is 4.79 Å². The maximum absolute atomic E-state index is 13.1. The molecule has 0 unspecified atom stereocenters. The van der Waals surface area contributed by atoms with E-state index in [4.69, 9.17) is 21.3 Å². The molecule has 5 aromatic rings. The van der Waals surface area contributed by atoms with Gasteiger partial charge in [-0.2, -0.15) is 0 Å². The number of fused-ring (bicyclic) bond motifs is 1. The number of thiazole rings is 1. The Morgan fingerprint density at radius 2 is 1.71 bits per heavy atom. The molecule has 170 valence electrons. The lowest BCUT2D eigenvalue weighted by Gasteiger charge is -2.25. The normalized spacial score (nSPS) is 11.0. The van der Waals surface area contributed by atoms with E-state index in [2.05, 4.69) is 4.90 Å². The molecule has 5 nitrogen and oxygen atoms in total. The van der Waals surface area contributed by atoms with Crippen molar-refractivity contribution in [1.29, 1.82) is 0 Å². The largest absolute Gasteiger partial charge is 0.497 e. The molecule has 0 atom stereocenters. The van der Waals surface area contributed by atoms with E-state index in [-0.39, 0.29) is 5.56 Å². The number of hydrogen-bond donors (Lipinski definition) is 0. The predicted molar refractivity (Wildman–Crippen MR) is 139 cm³/mol. The second-order valence-corrected chi connectivity index (χ2v) is 9.14. The van der Waals surface area contributed by atoms with E-state index in [0.717, 1.165) is 34.0 Å². The third-order valence-electron chi connectivity index (χ3n) is 5.60. The number of rotatable bonds is 7. The molecular formula is C27H22ClN3O2S. The molecule has 0 radical (unpaired) electrons. The van der Waals surface area contributed by atoms with Crippen LogP contribution < -0.4 is 15.2 Å². The molecule has 0 fully saturated rings. The fourth-order valence-electron chi connectivity index (χ4n) is 3.89. The molecular weight excluding hydrogens is 466 g/mol. The van der Waals surface area contributed by atoms with Gasteiger partial charge in [-0.25, -0.2) is 4.98 Å². The summed E-state index contributed by atoms with van der Waals surface area (Å²) in [4.78, 5) is 20.8. The molecule has 34 heavy (non-hydrogen) atoms. The predicted octanol–water partition coefficient (Wildman–Crippen LogP) is 6.29. The molecule has 0 aliphatic heterocycles. The fourth-order valence-corrected chi connectivity index (χ4v) is 4.94. The van der Waals surface area contributed by atoms with Crippen molar-refractivity contribution in [3.05, 3.63) is 117 Å². The zero-order chi connectivity index (χ0) is 23.5. The Morgan fingerprint density at radius 3 is 2.41 bits per heavy atom. The lowest BCUT2D eigenvalue weighted by atomic mass is 10.1. The summed E-state index contributed by atoms with van der Waals surface area (Å²) < 4.78 is 6.96. The Balaban J connectivity index is 1.49. The summed E-state index contributed by atoms with van der Waals surface area (Å²) >= 11 is 7.59. The number of benzene rings is 3. The first-order valence-electron chi connectivity index (χ1n) is 10.8. The van der Waals surface area contributed by atoms with Crippen molar-refractivity contribution in [2.75, 3.05) is 12.0 Å². The molecule has 5 rings (SSSR count). The van der Waals surface area contributed by atoms with Crippen LogP contribution in [0.3, 0.4) is 0 Å². The van der Waals surface area contributed by atoms with Gasteiger partial charge in [-0.15, -0.1) is 11.3 Å². The molecule has 0 spiro atoms. The second kappa shape index (κ2) is 9.71. The van der Waals surface area contributed by atoms with Gasteiger partial charge in [0.25, 0.3) is 5.56 Å². The van der Waals surface area contributed by atoms with E-state index in [1.54, 1.807) is 17.6 Å². The number of aromatic nitrogens is 2. The third-order valence-corrected chi connectivity index (χ3v) is 6.68. The van der Waals surface area contributed by atoms with Crippen LogP contribution in [0.15, 0.2) is 95.1 Å². The van der Waals surface area contributed by atoms with Gasteiger partial charge >= 0.3 is 0 Å². The van der Waals surface area contributed by atoms with Crippen LogP contribution in [-0.4, -0.2) is 16.5 Å². The van der Waals surface area contributed by atoms with Gasteiger partial charge in [-0.05, 0) is 47.5 Å². The highest BCUT2D eigenvalue weighted by Crippen LogP contribution is 2.26. The molecule has 0 aliphatic rings. The average molecular weight is 488 g/mol. The van der Waals surface area contributed by atoms with Crippen LogP contribution in [0.2, 0.25) is 5.02 Å². The molecule has 0 aliphatic carbocycles. The maximum atomic E-state index is 13.1. The standard InChI is InChI=1S/C27H22ClN3O2S/c1-33-24-13-7-19(8-14-24)16-30(23-11-9-21(28)10-12-23)17-22-15-26(32)31-25(18-34-27(31)29-22)20-5-3-2-4-6-20/h2-15,18H,16-17H2,1H3. The molecule has 0 N–H and O–H groups in total. The number of ether oxygens (including phenoxy) is 1. The van der Waals surface area contributed by atoms with Crippen LogP contribution in [0.4, 0.5) is 5.69 Å². The lowest BCUT2D eigenvalue weighted by Crippen LogP contribution is -2.24. The van der Waals surface area contributed by atoms with Crippen LogP contribution in [0, 0.1) is 0 Å². The van der Waals surface area contributed by atoms with Gasteiger partial charge in [0, 0.05) is 28.7 Å². The van der Waals surface area contributed by atoms with Gasteiger partial charge in [0.05, 0.1) is 25.0 Å². The molecule has 0 bridgehead atoms. The van der Waals surface area contributed by atoms with E-state index < -0.39 is 0 Å². The minimum Gasteiger partial charge on any atom is -0.497 e. The monoisotopic (exact) mass is 487 g/mol. The van der Waals surface area contributed by atoms with Gasteiger partial charge in [0.15, 0.2) is 4.96 Å². The Hall–Kier alpha value is -3.61. The van der Waals surface area contributed by atoms with Crippen molar-refractivity contribution in [3.8, 4) is 17.0 Å². The van der Waals surface area contributed by atoms with Crippen molar-refractivity contribution in [3.63, 3.8) is 0 Å². The third kappa shape index (κ3) is 4.69. The molecule has 7 heteroatoms. The van der Waals surface area contributed by atoms with Crippen LogP contribution in [0.25, 0.3) is 16.2 Å². The number of anilines is 1. The van der Waals surface area contributed by atoms with E-state index in [1.807, 2.05) is 84.2 Å². The van der Waals surface area contributed by atoms with Crippen molar-refractivity contribution in [2.24, 2.45) is 0 Å². The van der Waals surface area contributed by atoms with Crippen molar-refractivity contribution in [1.82, 2.24) is 9.38 Å². The van der Waals surface area contributed by atoms with Gasteiger partial charge in [0.2, 0.25) is 0 Å². The van der Waals surface area contributed by atoms with E-state index >= 15 is 0 Å². The second-order valence-electron chi connectivity index (χ2n) is 7.87. The Kier molecular flexibility index (Phi) is 6.34. The van der Waals surface area contributed by atoms with Crippen LogP contribution in [0.5, 0.6) is 5.75 Å². The van der Waals surface area contributed by atoms with Gasteiger partial charge in [0.1, 0.15) is 5.75 Å². The number of nitrogens with zero attached hydrogens (tertiary/aromatic N) is 3. The SMILES string of the molecule is COc1ccc(CN(Cc2cc(=O)n3c(-c4ccccc4)csc3n2)c2ccc(Cl)cc2)cc1. The number of hydrogen-bond acceptors (Lipinski definition) is 5. The summed E-state index contributed by atoms with van der Waals surface area (Å²) in [6, 6.07) is 27.2. The van der Waals surface area contributed by atoms with Gasteiger partial charge < -0.3 is 9.64 Å². The highest BCUT2D eigenvalue weighted by Gasteiger charge is 2.14. The quantitative estimate of drug-likeness (QED) is 0.270. The zero-order valence-corrected chi connectivity index (χ0v) is 20.1. The van der Waals surface area contributed by atoms with Crippen molar-refractivity contribution >= 4 is 33.6 Å². The molecule has 2 heterocycles. The topological polar surface area (TPSA) is 46.8 Å². The lowest BCUT2D eigenvalue weighted by molar-refractivity contribution is 0.414. The zero-order valence-electron chi connectivity index (χ0n) is 18.5. The summed E-state index contributed by atoms with van der Waals surface area (Å²) in [6.45, 7) is 1.13. The first-order chi connectivity index (χ1) is 16.6. The summed E-state index contributed by atoms with van der Waals surface area (Å²) in [5, 5.41) is 2.66. The molecule has 3 aromatic carbocycles. The van der Waals surface area contributed by atoms with Gasteiger partial charge in [-0.3, -0.25) is 9.20 Å². The van der Waals surface area contributed by atoms with Crippen LogP contribution >= 0.6 is 22.9 Å². The Bertz CT molecular complexity index is 1460. The summed E-state index contributed by atoms with van der Waals surface area (Å²) in [7, 11) is 1.66. The van der Waals surface area contributed by atoms with Crippen molar-refractivity contribution < 1.29 is 4.74 Å². The minimum atomic E-state index is -0.0828. The summed E-state index contributed by atoms with van der Waals surface area (Å²) in [5.74, 6) is 0.814. The molecule has 2 aromatic heterocycles. The summed E-state index contributed by atoms with van der Waals surface area (Å²) in [5.41, 5.74) is 4.61. The maximum Gasteiger partial charge on any atom is 0.259 e. The highest BCUT2D eigenvalue weighted by molar-refractivity contribution is 7.15. The van der Waals surface area contributed by atoms with E-state index in [0.29, 0.717) is 23.1 Å². The first-order valence-corrected chi connectivity index (χ1v) is 12.1. The Morgan fingerprint density at radius 1 is 0.971 bits per heavy atom.